The van der Waals surface area contributed by atoms with Gasteiger partial charge >= 0.3 is 11.9 Å². The standard InChI is InChI=1S/C44H54N4O12/c1-24-14-34-40(41(52)30(21-56-34)38-26(3)29-17-33(59-23-55-11)32(58-22-54-10)16-27(29)15-31(38)49)39(25(24)2)42(53)57-20-28-18-48(47-46-28)19-36(50)45-35(43(4,5)6)12-13-37(51)60-44(7,8)9/h14,16-18,21,35H,12-13,15,19-20,22-23H2,1-11H3,(H,45,50)/t35-/m0/s1. The number of aryl methyl sites for hydroxylation is 1. The van der Waals surface area contributed by atoms with E-state index in [1.165, 1.54) is 31.4 Å². The van der Waals surface area contributed by atoms with Gasteiger partial charge in [-0.2, -0.15) is 0 Å². The summed E-state index contributed by atoms with van der Waals surface area (Å²) in [6.07, 6.45) is 3.21. The van der Waals surface area contributed by atoms with Crippen LogP contribution in [0.25, 0.3) is 22.1 Å². The molecule has 0 bridgehead atoms. The fourth-order valence-corrected chi connectivity index (χ4v) is 6.92. The Labute approximate surface area is 348 Å². The minimum absolute atomic E-state index is 0.00761. The van der Waals surface area contributed by atoms with Crippen molar-refractivity contribution in [2.45, 2.75) is 106 Å². The molecule has 2 aromatic carbocycles. The molecule has 0 fully saturated rings. The van der Waals surface area contributed by atoms with Crippen molar-refractivity contribution in [3.05, 3.63) is 80.0 Å². The Morgan fingerprint density at radius 2 is 1.60 bits per heavy atom. The van der Waals surface area contributed by atoms with E-state index in [1.807, 2.05) is 20.8 Å². The molecule has 0 aliphatic heterocycles. The molecule has 60 heavy (non-hydrogen) atoms. The van der Waals surface area contributed by atoms with Gasteiger partial charge in [-0.25, -0.2) is 9.48 Å². The highest BCUT2D eigenvalue weighted by atomic mass is 16.7. The molecular weight excluding hydrogens is 776 g/mol. The van der Waals surface area contributed by atoms with Crippen LogP contribution in [0.4, 0.5) is 0 Å². The van der Waals surface area contributed by atoms with E-state index in [2.05, 4.69) is 15.6 Å². The highest BCUT2D eigenvalue weighted by Gasteiger charge is 2.31. The number of Topliss-reactive ketones (excluding diaryl/α,β-unsaturated/α-hetero) is 1. The highest BCUT2D eigenvalue weighted by molar-refractivity contribution is 6.30. The molecule has 0 saturated carbocycles. The zero-order valence-electron chi connectivity index (χ0n) is 36.2. The molecule has 1 N–H and O–H groups in total. The molecule has 5 rings (SSSR count). The number of carbonyl (C=O) groups excluding carboxylic acids is 4. The maximum absolute atomic E-state index is 14.4. The Hall–Kier alpha value is -5.87. The maximum Gasteiger partial charge on any atom is 0.339 e. The molecule has 0 radical (unpaired) electrons. The quantitative estimate of drug-likeness (QED) is 0.101. The number of nitrogens with one attached hydrogen (secondary N) is 1. The van der Waals surface area contributed by atoms with Gasteiger partial charge in [-0.05, 0) is 99.4 Å². The summed E-state index contributed by atoms with van der Waals surface area (Å²) in [5.41, 5.74) is 2.00. The molecule has 16 heteroatoms. The molecule has 1 aliphatic rings. The monoisotopic (exact) mass is 830 g/mol. The molecule has 2 heterocycles. The number of hydrogen-bond acceptors (Lipinski definition) is 14. The summed E-state index contributed by atoms with van der Waals surface area (Å²) in [6.45, 7) is 15.9. The minimum atomic E-state index is -0.814. The van der Waals surface area contributed by atoms with Crippen molar-refractivity contribution in [2.75, 3.05) is 27.8 Å². The van der Waals surface area contributed by atoms with E-state index in [-0.39, 0.29) is 102 Å². The SMILES string of the molecule is COCOc1cc2c(cc1OCOC)C(C)=C(c1coc3cc(C)c(C)c(C(=O)OCc4cn(CC(=O)N[C@@H](CCC(=O)OC(C)(C)C)C(C)(C)C)nn4)c3c1=O)C(=O)C2. The summed E-state index contributed by atoms with van der Waals surface area (Å²) in [7, 11) is 2.97. The molecule has 1 amide bonds. The summed E-state index contributed by atoms with van der Waals surface area (Å²) >= 11 is 0. The average molecular weight is 831 g/mol. The number of esters is 2. The molecule has 16 nitrogen and oxygen atoms in total. The Kier molecular flexibility index (Phi) is 14.0. The van der Waals surface area contributed by atoms with Crippen molar-refractivity contribution >= 4 is 45.7 Å². The van der Waals surface area contributed by atoms with E-state index in [0.29, 0.717) is 45.7 Å². The van der Waals surface area contributed by atoms with Gasteiger partial charge in [0.2, 0.25) is 11.3 Å². The summed E-state index contributed by atoms with van der Waals surface area (Å²) in [5, 5.41) is 11.1. The number of methoxy groups -OCH3 is 2. The summed E-state index contributed by atoms with van der Waals surface area (Å²) in [4.78, 5) is 67.5. The highest BCUT2D eigenvalue weighted by Crippen LogP contribution is 2.41. The third-order valence-electron chi connectivity index (χ3n) is 9.98. The van der Waals surface area contributed by atoms with Crippen molar-refractivity contribution in [3.63, 3.8) is 0 Å². The van der Waals surface area contributed by atoms with Gasteiger partial charge in [-0.3, -0.25) is 19.2 Å². The molecule has 4 aromatic rings. The second-order valence-electron chi connectivity index (χ2n) is 16.8. The number of benzene rings is 2. The smallest absolute Gasteiger partial charge is 0.339 e. The number of carbonyl (C=O) groups is 4. The number of ether oxygens (including phenoxy) is 6. The number of allylic oxidation sites excluding steroid dienone is 2. The van der Waals surface area contributed by atoms with Crippen molar-refractivity contribution in [1.82, 2.24) is 20.3 Å². The average Bonchev–Trinajstić information content (AvgIpc) is 3.61. The maximum atomic E-state index is 14.4. The Morgan fingerprint density at radius 3 is 2.23 bits per heavy atom. The van der Waals surface area contributed by atoms with Gasteiger partial charge in [-0.15, -0.1) is 5.10 Å². The third kappa shape index (κ3) is 10.6. The number of nitrogens with zero attached hydrogens (tertiary/aromatic N) is 3. The normalized spacial score (nSPS) is 13.6. The summed E-state index contributed by atoms with van der Waals surface area (Å²) in [6, 6.07) is 4.75. The van der Waals surface area contributed by atoms with E-state index in [4.69, 9.17) is 32.8 Å². The first-order valence-corrected chi connectivity index (χ1v) is 19.5. The first-order valence-electron chi connectivity index (χ1n) is 19.5. The number of hydrogen-bond donors (Lipinski definition) is 1. The lowest BCUT2D eigenvalue weighted by Gasteiger charge is -2.31. The predicted octanol–water partition coefficient (Wildman–Crippen LogP) is 6.03. The lowest BCUT2D eigenvalue weighted by molar-refractivity contribution is -0.155. The lowest BCUT2D eigenvalue weighted by atomic mass is 9.82. The Balaban J connectivity index is 1.37. The molecular formula is C44H54N4O12. The first-order chi connectivity index (χ1) is 28.2. The fraction of sp³-hybridized carbons (Fsp3) is 0.477. The van der Waals surface area contributed by atoms with Gasteiger partial charge in [0, 0.05) is 38.7 Å². The Morgan fingerprint density at radius 1 is 0.933 bits per heavy atom. The largest absolute Gasteiger partial charge is 0.464 e. The van der Waals surface area contributed by atoms with Crippen LogP contribution in [0.15, 0.2) is 39.9 Å². The lowest BCUT2D eigenvalue weighted by Crippen LogP contribution is -2.45. The zero-order valence-corrected chi connectivity index (χ0v) is 36.2. The minimum Gasteiger partial charge on any atom is -0.464 e. The van der Waals surface area contributed by atoms with Crippen LogP contribution in [0, 0.1) is 19.3 Å². The van der Waals surface area contributed by atoms with Gasteiger partial charge in [0.15, 0.2) is 30.9 Å². The van der Waals surface area contributed by atoms with Gasteiger partial charge < -0.3 is 38.2 Å². The molecule has 2 aromatic heterocycles. The van der Waals surface area contributed by atoms with Crippen molar-refractivity contribution in [1.29, 1.82) is 0 Å². The predicted molar refractivity (Wildman–Crippen MR) is 220 cm³/mol. The molecule has 1 aliphatic carbocycles. The van der Waals surface area contributed by atoms with Crippen LogP contribution < -0.4 is 20.2 Å². The van der Waals surface area contributed by atoms with Crippen LogP contribution in [-0.2, 0) is 52.9 Å². The van der Waals surface area contributed by atoms with Crippen LogP contribution in [0.1, 0.15) is 105 Å². The molecule has 0 saturated heterocycles. The number of rotatable bonds is 16. The number of amides is 1. The van der Waals surface area contributed by atoms with Crippen LogP contribution in [0.5, 0.6) is 11.5 Å². The van der Waals surface area contributed by atoms with Crippen molar-refractivity contribution in [2.24, 2.45) is 5.41 Å². The van der Waals surface area contributed by atoms with Crippen LogP contribution in [-0.4, -0.2) is 78.1 Å². The third-order valence-corrected chi connectivity index (χ3v) is 9.98. The molecule has 322 valence electrons. The Bertz CT molecular complexity index is 2380. The number of aromatic nitrogens is 3. The summed E-state index contributed by atoms with van der Waals surface area (Å²) in [5.74, 6) is -1.11. The molecule has 0 unspecified atom stereocenters. The number of fused-ring (bicyclic) bond motifs is 2. The molecule has 0 spiro atoms. The summed E-state index contributed by atoms with van der Waals surface area (Å²) < 4.78 is 40.0. The fourth-order valence-electron chi connectivity index (χ4n) is 6.92. The van der Waals surface area contributed by atoms with E-state index in [9.17, 15) is 24.0 Å². The van der Waals surface area contributed by atoms with Gasteiger partial charge in [0.25, 0.3) is 0 Å². The van der Waals surface area contributed by atoms with E-state index < -0.39 is 17.0 Å². The van der Waals surface area contributed by atoms with Gasteiger partial charge in [0.05, 0.1) is 22.7 Å². The van der Waals surface area contributed by atoms with Gasteiger partial charge in [-0.1, -0.05) is 26.0 Å². The molecule has 1 atom stereocenters. The van der Waals surface area contributed by atoms with Crippen LogP contribution in [0.3, 0.4) is 0 Å². The van der Waals surface area contributed by atoms with Crippen LogP contribution >= 0.6 is 0 Å². The van der Waals surface area contributed by atoms with Crippen molar-refractivity contribution < 1.29 is 52.0 Å². The van der Waals surface area contributed by atoms with Crippen LogP contribution in [0.2, 0.25) is 0 Å². The second-order valence-corrected chi connectivity index (χ2v) is 16.8. The second kappa shape index (κ2) is 18.6. The van der Waals surface area contributed by atoms with Gasteiger partial charge in [0.1, 0.15) is 36.3 Å². The zero-order chi connectivity index (χ0) is 44.1. The number of ketones is 1. The van der Waals surface area contributed by atoms with Crippen molar-refractivity contribution in [3.8, 4) is 11.5 Å². The topological polar surface area (TPSA) is 197 Å². The van der Waals surface area contributed by atoms with E-state index >= 15 is 0 Å². The van der Waals surface area contributed by atoms with E-state index in [1.54, 1.807) is 59.7 Å². The van der Waals surface area contributed by atoms with E-state index in [0.717, 1.165) is 0 Å². The first kappa shape index (κ1) is 45.2.